The minimum absolute atomic E-state index is 0.00604. The fraction of sp³-hybridized carbons (Fsp3) is 0.200. The van der Waals surface area contributed by atoms with Crippen LogP contribution in [0.3, 0.4) is 0 Å². The summed E-state index contributed by atoms with van der Waals surface area (Å²) >= 11 is 11.8. The SMILES string of the molecule is CC1(c2cccc(NC(=O)c3ncc(Cl)cc3Cl)c2)Cn2nc(C(F)(F)F)cc2C(N)=N1. The molecule has 3 N–H and O–H groups in total. The predicted octanol–water partition coefficient (Wildman–Crippen LogP) is 4.49. The van der Waals surface area contributed by atoms with E-state index in [1.807, 2.05) is 0 Å². The van der Waals surface area contributed by atoms with Gasteiger partial charge in [0.25, 0.3) is 5.91 Å². The zero-order chi connectivity index (χ0) is 23.3. The number of aromatic nitrogens is 3. The number of alkyl halides is 3. The predicted molar refractivity (Wildman–Crippen MR) is 114 cm³/mol. The molecule has 0 saturated heterocycles. The maximum absolute atomic E-state index is 13.1. The fourth-order valence-electron chi connectivity index (χ4n) is 3.39. The second-order valence-corrected chi connectivity index (χ2v) is 8.20. The molecule has 166 valence electrons. The molecule has 1 aliphatic heterocycles. The molecule has 2 aromatic heterocycles. The molecule has 0 fully saturated rings. The molecule has 0 aliphatic carbocycles. The van der Waals surface area contributed by atoms with Crippen LogP contribution in [0.5, 0.6) is 0 Å². The number of hydrogen-bond acceptors (Lipinski definition) is 5. The summed E-state index contributed by atoms with van der Waals surface area (Å²) in [6.45, 7) is 1.75. The number of rotatable bonds is 3. The highest BCUT2D eigenvalue weighted by atomic mass is 35.5. The minimum Gasteiger partial charge on any atom is -0.382 e. The van der Waals surface area contributed by atoms with Gasteiger partial charge in [-0.05, 0) is 36.8 Å². The van der Waals surface area contributed by atoms with Crippen molar-refractivity contribution in [2.24, 2.45) is 10.7 Å². The summed E-state index contributed by atoms with van der Waals surface area (Å²) in [5.74, 6) is -0.613. The van der Waals surface area contributed by atoms with Gasteiger partial charge >= 0.3 is 6.18 Å². The van der Waals surface area contributed by atoms with Crippen LogP contribution in [0.1, 0.15) is 34.4 Å². The normalized spacial score (nSPS) is 18.1. The van der Waals surface area contributed by atoms with Crippen LogP contribution in [0.4, 0.5) is 18.9 Å². The van der Waals surface area contributed by atoms with Gasteiger partial charge in [0, 0.05) is 11.9 Å². The van der Waals surface area contributed by atoms with Crippen molar-refractivity contribution >= 4 is 40.6 Å². The Hall–Kier alpha value is -3.11. The molecular weight excluding hydrogens is 468 g/mol. The molecule has 1 amide bonds. The van der Waals surface area contributed by atoms with E-state index in [9.17, 15) is 18.0 Å². The second-order valence-electron chi connectivity index (χ2n) is 7.36. The third-order valence-corrected chi connectivity index (χ3v) is 5.42. The number of nitrogens with one attached hydrogen (secondary N) is 1. The number of anilines is 1. The van der Waals surface area contributed by atoms with E-state index in [4.69, 9.17) is 28.9 Å². The second kappa shape index (κ2) is 7.79. The number of pyridine rings is 1. The summed E-state index contributed by atoms with van der Waals surface area (Å²) < 4.78 is 40.4. The zero-order valence-corrected chi connectivity index (χ0v) is 17.9. The summed E-state index contributed by atoms with van der Waals surface area (Å²) in [7, 11) is 0. The van der Waals surface area contributed by atoms with Gasteiger partial charge in [-0.2, -0.15) is 18.3 Å². The first-order valence-corrected chi connectivity index (χ1v) is 9.95. The van der Waals surface area contributed by atoms with Crippen molar-refractivity contribution in [2.45, 2.75) is 25.2 Å². The Morgan fingerprint density at radius 2 is 2.00 bits per heavy atom. The summed E-state index contributed by atoms with van der Waals surface area (Å²) in [4.78, 5) is 20.9. The van der Waals surface area contributed by atoms with E-state index in [2.05, 4.69) is 20.4 Å². The van der Waals surface area contributed by atoms with Crippen LogP contribution in [0.15, 0.2) is 47.6 Å². The first-order chi connectivity index (χ1) is 15.0. The van der Waals surface area contributed by atoms with Crippen molar-refractivity contribution in [2.75, 3.05) is 5.32 Å². The molecule has 12 heteroatoms. The number of amidine groups is 1. The third-order valence-electron chi connectivity index (χ3n) is 4.92. The lowest BCUT2D eigenvalue weighted by Gasteiger charge is -2.31. The smallest absolute Gasteiger partial charge is 0.382 e. The maximum atomic E-state index is 13.1. The molecule has 3 aromatic rings. The Kier molecular flexibility index (Phi) is 5.38. The van der Waals surface area contributed by atoms with Crippen molar-refractivity contribution in [1.29, 1.82) is 0 Å². The van der Waals surface area contributed by atoms with Crippen molar-refractivity contribution in [3.05, 3.63) is 75.3 Å². The lowest BCUT2D eigenvalue weighted by atomic mass is 9.91. The molecule has 0 bridgehead atoms. The van der Waals surface area contributed by atoms with E-state index in [-0.39, 0.29) is 28.8 Å². The average Bonchev–Trinajstić information content (AvgIpc) is 3.13. The molecular formula is C20H15Cl2F3N6O. The Morgan fingerprint density at radius 1 is 1.25 bits per heavy atom. The van der Waals surface area contributed by atoms with Gasteiger partial charge in [0.2, 0.25) is 0 Å². The van der Waals surface area contributed by atoms with Gasteiger partial charge in [0.05, 0.1) is 16.6 Å². The Balaban J connectivity index is 1.62. The molecule has 4 rings (SSSR count). The van der Waals surface area contributed by atoms with Crippen LogP contribution >= 0.6 is 23.2 Å². The maximum Gasteiger partial charge on any atom is 0.435 e. The molecule has 0 spiro atoms. The molecule has 1 aromatic carbocycles. The Morgan fingerprint density at radius 3 is 2.69 bits per heavy atom. The van der Waals surface area contributed by atoms with Crippen LogP contribution in [0.2, 0.25) is 10.0 Å². The summed E-state index contributed by atoms with van der Waals surface area (Å²) in [5.41, 5.74) is 5.03. The lowest BCUT2D eigenvalue weighted by Crippen LogP contribution is -2.37. The van der Waals surface area contributed by atoms with Gasteiger partial charge in [0.15, 0.2) is 5.69 Å². The molecule has 1 aliphatic rings. The van der Waals surface area contributed by atoms with Crippen LogP contribution < -0.4 is 11.1 Å². The van der Waals surface area contributed by atoms with Crippen LogP contribution in [0.25, 0.3) is 0 Å². The zero-order valence-electron chi connectivity index (χ0n) is 16.4. The van der Waals surface area contributed by atoms with Crippen LogP contribution in [0, 0.1) is 0 Å². The van der Waals surface area contributed by atoms with Gasteiger partial charge < -0.3 is 11.1 Å². The number of nitrogens with two attached hydrogens (primary N) is 1. The monoisotopic (exact) mass is 482 g/mol. The molecule has 1 atom stereocenters. The topological polar surface area (TPSA) is 98.2 Å². The molecule has 1 unspecified atom stereocenters. The number of halogens is 5. The Labute approximate surface area is 190 Å². The first kappa shape index (κ1) is 22.1. The summed E-state index contributed by atoms with van der Waals surface area (Å²) in [5, 5.41) is 6.72. The number of fused-ring (bicyclic) bond motifs is 1. The van der Waals surface area contributed by atoms with E-state index >= 15 is 0 Å². The average molecular weight is 483 g/mol. The van der Waals surface area contributed by atoms with Gasteiger partial charge in [0.1, 0.15) is 22.8 Å². The molecule has 7 nitrogen and oxygen atoms in total. The number of nitrogens with zero attached hydrogens (tertiary/aromatic N) is 4. The van der Waals surface area contributed by atoms with E-state index in [0.29, 0.717) is 16.3 Å². The Bertz CT molecular complexity index is 1260. The van der Waals surface area contributed by atoms with Gasteiger partial charge in [-0.15, -0.1) is 0 Å². The number of hydrogen-bond donors (Lipinski definition) is 2. The number of carbonyl (C=O) groups excluding carboxylic acids is 1. The quantitative estimate of drug-likeness (QED) is 0.574. The van der Waals surface area contributed by atoms with Gasteiger partial charge in [-0.1, -0.05) is 35.3 Å². The van der Waals surface area contributed by atoms with Crippen molar-refractivity contribution in [3.8, 4) is 0 Å². The summed E-state index contributed by atoms with van der Waals surface area (Å²) in [6, 6.07) is 8.98. The molecule has 0 saturated carbocycles. The molecule has 32 heavy (non-hydrogen) atoms. The van der Waals surface area contributed by atoms with Crippen molar-refractivity contribution < 1.29 is 18.0 Å². The van der Waals surface area contributed by atoms with E-state index < -0.39 is 23.3 Å². The number of carbonyl (C=O) groups is 1. The van der Waals surface area contributed by atoms with Crippen LogP contribution in [-0.2, 0) is 18.3 Å². The van der Waals surface area contributed by atoms with E-state index in [1.165, 1.54) is 16.9 Å². The largest absolute Gasteiger partial charge is 0.435 e. The first-order valence-electron chi connectivity index (χ1n) is 9.20. The number of benzene rings is 1. The molecule has 0 radical (unpaired) electrons. The third kappa shape index (κ3) is 4.15. The number of aliphatic imine (C=N–C) groups is 1. The van der Waals surface area contributed by atoms with Gasteiger partial charge in [-0.3, -0.25) is 14.5 Å². The van der Waals surface area contributed by atoms with Crippen LogP contribution in [-0.4, -0.2) is 26.5 Å². The lowest BCUT2D eigenvalue weighted by molar-refractivity contribution is -0.141. The standard InChI is InChI=1S/C20H15Cl2F3N6O/c1-19(9-31-14(17(26)29-19)7-15(30-31)20(23,24)25)10-3-2-4-12(5-10)28-18(32)16-13(22)6-11(21)8-27-16/h2-8H,9H2,1H3,(H2,26,29)(H,28,32). The highest BCUT2D eigenvalue weighted by Gasteiger charge is 2.39. The fourth-order valence-corrected chi connectivity index (χ4v) is 3.86. The van der Waals surface area contributed by atoms with Gasteiger partial charge in [-0.25, -0.2) is 4.98 Å². The highest BCUT2D eigenvalue weighted by Crippen LogP contribution is 2.35. The molecule has 3 heterocycles. The van der Waals surface area contributed by atoms with E-state index in [0.717, 1.165) is 6.07 Å². The highest BCUT2D eigenvalue weighted by molar-refractivity contribution is 6.36. The van der Waals surface area contributed by atoms with Crippen molar-refractivity contribution in [3.63, 3.8) is 0 Å². The van der Waals surface area contributed by atoms with Crippen molar-refractivity contribution in [1.82, 2.24) is 14.8 Å². The van der Waals surface area contributed by atoms with E-state index in [1.54, 1.807) is 31.2 Å². The summed E-state index contributed by atoms with van der Waals surface area (Å²) in [6.07, 6.45) is -3.29. The minimum atomic E-state index is -4.60. The number of amides is 1.